The highest BCUT2D eigenvalue weighted by Crippen LogP contribution is 2.22. The maximum atomic E-state index is 10.0. The Hall–Kier alpha value is -1.78. The Balaban J connectivity index is 2.97. The molecule has 0 aliphatic heterocycles. The lowest BCUT2D eigenvalue weighted by Crippen LogP contribution is -1.97. The lowest BCUT2D eigenvalue weighted by molar-refractivity contribution is -0.496. The lowest BCUT2D eigenvalue weighted by Gasteiger charge is -1.99. The maximum absolute atomic E-state index is 10.0. The lowest BCUT2D eigenvalue weighted by atomic mass is 10.2. The standard InChI is InChI=1S/C7H7NO4/c9-6-1-2-7(10)5(3-6)4-8(11)12/h1-3,9-10H,4H2. The number of nitrogens with zero attached hydrogens (tertiary/aromatic N) is 1. The number of nitro groups is 1. The monoisotopic (exact) mass is 169 g/mol. The molecule has 5 heteroatoms. The second-order valence-electron chi connectivity index (χ2n) is 2.30. The Bertz CT molecular complexity index is 310. The highest BCUT2D eigenvalue weighted by Gasteiger charge is 2.07. The molecule has 0 heterocycles. The van der Waals surface area contributed by atoms with Gasteiger partial charge < -0.3 is 10.2 Å². The molecular weight excluding hydrogens is 162 g/mol. The summed E-state index contributed by atoms with van der Waals surface area (Å²) in [5.74, 6) is -0.269. The third-order valence-electron chi connectivity index (χ3n) is 1.36. The molecule has 1 rings (SSSR count). The highest BCUT2D eigenvalue weighted by atomic mass is 16.6. The van der Waals surface area contributed by atoms with Gasteiger partial charge in [0.25, 0.3) is 0 Å². The molecule has 0 amide bonds. The SMILES string of the molecule is O=[N+]([O-])Cc1cc(O)ccc1O. The van der Waals surface area contributed by atoms with E-state index in [-0.39, 0.29) is 17.1 Å². The summed E-state index contributed by atoms with van der Waals surface area (Å²) < 4.78 is 0. The summed E-state index contributed by atoms with van der Waals surface area (Å²) in [5, 5.41) is 28.0. The van der Waals surface area contributed by atoms with Gasteiger partial charge in [-0.05, 0) is 18.2 Å². The first-order chi connectivity index (χ1) is 5.59. The molecule has 0 aliphatic carbocycles. The number of hydrogen-bond acceptors (Lipinski definition) is 4. The van der Waals surface area contributed by atoms with E-state index in [1.165, 1.54) is 12.1 Å². The largest absolute Gasteiger partial charge is 0.508 e. The van der Waals surface area contributed by atoms with Crippen molar-refractivity contribution in [3.05, 3.63) is 33.9 Å². The van der Waals surface area contributed by atoms with Gasteiger partial charge in [0, 0.05) is 4.92 Å². The van der Waals surface area contributed by atoms with E-state index < -0.39 is 11.5 Å². The molecule has 0 saturated heterocycles. The van der Waals surface area contributed by atoms with Crippen LogP contribution < -0.4 is 0 Å². The molecule has 0 aromatic heterocycles. The van der Waals surface area contributed by atoms with Crippen LogP contribution in [-0.2, 0) is 6.54 Å². The summed E-state index contributed by atoms with van der Waals surface area (Å²) in [6.07, 6.45) is 0. The molecule has 5 nitrogen and oxygen atoms in total. The summed E-state index contributed by atoms with van der Waals surface area (Å²) >= 11 is 0. The number of phenolic OH excluding ortho intramolecular Hbond substituents is 2. The second kappa shape index (κ2) is 3.08. The molecule has 1 aromatic rings. The predicted molar refractivity (Wildman–Crippen MR) is 40.5 cm³/mol. The fourth-order valence-corrected chi connectivity index (χ4v) is 0.838. The molecule has 0 unspecified atom stereocenters. The summed E-state index contributed by atoms with van der Waals surface area (Å²) in [5.41, 5.74) is 0.111. The molecule has 12 heavy (non-hydrogen) atoms. The van der Waals surface area contributed by atoms with Crippen molar-refractivity contribution in [2.45, 2.75) is 6.54 Å². The molecule has 2 N–H and O–H groups in total. The van der Waals surface area contributed by atoms with Gasteiger partial charge >= 0.3 is 0 Å². The minimum absolute atomic E-state index is 0.0929. The Kier molecular flexibility index (Phi) is 2.14. The summed E-state index contributed by atoms with van der Waals surface area (Å²) in [7, 11) is 0. The fraction of sp³-hybridized carbons (Fsp3) is 0.143. The first kappa shape index (κ1) is 8.32. The van der Waals surface area contributed by atoms with E-state index in [4.69, 9.17) is 10.2 Å². The van der Waals surface area contributed by atoms with Gasteiger partial charge in [0.15, 0.2) is 0 Å². The van der Waals surface area contributed by atoms with Crippen LogP contribution in [0.15, 0.2) is 18.2 Å². The van der Waals surface area contributed by atoms with Crippen molar-refractivity contribution in [1.82, 2.24) is 0 Å². The number of rotatable bonds is 2. The van der Waals surface area contributed by atoms with Gasteiger partial charge in [-0.1, -0.05) is 0 Å². The van der Waals surface area contributed by atoms with Crippen molar-refractivity contribution in [2.75, 3.05) is 0 Å². The van der Waals surface area contributed by atoms with Crippen molar-refractivity contribution in [3.8, 4) is 11.5 Å². The van der Waals surface area contributed by atoms with Crippen LogP contribution in [0, 0.1) is 10.1 Å². The molecule has 0 fully saturated rings. The Morgan fingerprint density at radius 1 is 1.42 bits per heavy atom. The number of hydrogen-bond donors (Lipinski definition) is 2. The first-order valence-corrected chi connectivity index (χ1v) is 3.22. The number of phenols is 2. The number of benzene rings is 1. The molecule has 0 radical (unpaired) electrons. The van der Waals surface area contributed by atoms with Crippen molar-refractivity contribution in [3.63, 3.8) is 0 Å². The molecule has 1 aromatic carbocycles. The average molecular weight is 169 g/mol. The molecule has 64 valence electrons. The van der Waals surface area contributed by atoms with E-state index in [0.717, 1.165) is 6.07 Å². The van der Waals surface area contributed by atoms with Crippen LogP contribution in [0.5, 0.6) is 11.5 Å². The van der Waals surface area contributed by atoms with Crippen LogP contribution in [0.3, 0.4) is 0 Å². The van der Waals surface area contributed by atoms with E-state index >= 15 is 0 Å². The highest BCUT2D eigenvalue weighted by molar-refractivity contribution is 5.37. The van der Waals surface area contributed by atoms with Crippen LogP contribution >= 0.6 is 0 Å². The predicted octanol–water partition coefficient (Wildman–Crippen LogP) is 0.875. The Morgan fingerprint density at radius 2 is 2.08 bits per heavy atom. The van der Waals surface area contributed by atoms with Crippen molar-refractivity contribution in [1.29, 1.82) is 0 Å². The van der Waals surface area contributed by atoms with Crippen LogP contribution in [0.1, 0.15) is 5.56 Å². The quantitative estimate of drug-likeness (QED) is 0.391. The minimum atomic E-state index is -0.575. The maximum Gasteiger partial charge on any atom is 0.232 e. The molecule has 0 atom stereocenters. The second-order valence-corrected chi connectivity index (χ2v) is 2.30. The van der Waals surface area contributed by atoms with E-state index in [9.17, 15) is 10.1 Å². The zero-order valence-electron chi connectivity index (χ0n) is 6.10. The van der Waals surface area contributed by atoms with Gasteiger partial charge in [0.2, 0.25) is 6.54 Å². The van der Waals surface area contributed by atoms with E-state index in [2.05, 4.69) is 0 Å². The Morgan fingerprint density at radius 3 is 2.67 bits per heavy atom. The fourth-order valence-electron chi connectivity index (χ4n) is 0.838. The molecule has 0 bridgehead atoms. The van der Waals surface area contributed by atoms with E-state index in [1.54, 1.807) is 0 Å². The number of aromatic hydroxyl groups is 2. The summed E-state index contributed by atoms with van der Waals surface area (Å²) in [6.45, 7) is -0.486. The zero-order valence-corrected chi connectivity index (χ0v) is 6.10. The average Bonchev–Trinajstić information content (AvgIpc) is 1.96. The molecular formula is C7H7NO4. The summed E-state index contributed by atoms with van der Waals surface area (Å²) in [6, 6.07) is 3.64. The van der Waals surface area contributed by atoms with Crippen molar-refractivity contribution >= 4 is 0 Å². The third kappa shape index (κ3) is 1.85. The molecule has 0 saturated carbocycles. The van der Waals surface area contributed by atoms with Crippen LogP contribution in [-0.4, -0.2) is 15.1 Å². The van der Waals surface area contributed by atoms with Gasteiger partial charge in [-0.3, -0.25) is 10.1 Å². The first-order valence-electron chi connectivity index (χ1n) is 3.22. The summed E-state index contributed by atoms with van der Waals surface area (Å²) in [4.78, 5) is 9.47. The van der Waals surface area contributed by atoms with Crippen LogP contribution in [0.2, 0.25) is 0 Å². The van der Waals surface area contributed by atoms with E-state index in [1.807, 2.05) is 0 Å². The molecule has 0 aliphatic rings. The van der Waals surface area contributed by atoms with Crippen molar-refractivity contribution in [2.24, 2.45) is 0 Å². The third-order valence-corrected chi connectivity index (χ3v) is 1.36. The molecule has 0 spiro atoms. The normalized spacial score (nSPS) is 9.67. The van der Waals surface area contributed by atoms with E-state index in [0.29, 0.717) is 0 Å². The zero-order chi connectivity index (χ0) is 9.14. The van der Waals surface area contributed by atoms with Gasteiger partial charge in [-0.15, -0.1) is 0 Å². The minimum Gasteiger partial charge on any atom is -0.508 e. The van der Waals surface area contributed by atoms with Gasteiger partial charge in [0.1, 0.15) is 11.5 Å². The van der Waals surface area contributed by atoms with Crippen LogP contribution in [0.4, 0.5) is 0 Å². The van der Waals surface area contributed by atoms with Gasteiger partial charge in [0.05, 0.1) is 5.56 Å². The smallest absolute Gasteiger partial charge is 0.232 e. The van der Waals surface area contributed by atoms with Crippen LogP contribution in [0.25, 0.3) is 0 Å². The van der Waals surface area contributed by atoms with Crippen molar-refractivity contribution < 1.29 is 15.1 Å². The topological polar surface area (TPSA) is 83.6 Å². The van der Waals surface area contributed by atoms with Gasteiger partial charge in [-0.2, -0.15) is 0 Å². The Labute approximate surface area is 68.0 Å². The van der Waals surface area contributed by atoms with Gasteiger partial charge in [-0.25, -0.2) is 0 Å².